The third kappa shape index (κ3) is 1.57. The zero-order valence-corrected chi connectivity index (χ0v) is 10.9. The molecule has 3 aliphatic rings. The van der Waals surface area contributed by atoms with Gasteiger partial charge < -0.3 is 5.32 Å². The first-order chi connectivity index (χ1) is 7.58. The van der Waals surface area contributed by atoms with Gasteiger partial charge in [-0.15, -0.1) is 0 Å². The molecule has 3 fully saturated rings. The molecule has 0 aliphatic heterocycles. The molecule has 0 atom stereocenters. The van der Waals surface area contributed by atoms with Crippen LogP contribution in [-0.4, -0.2) is 11.4 Å². The Balaban J connectivity index is 1.80. The van der Waals surface area contributed by atoms with Gasteiger partial charge in [-0.05, 0) is 59.3 Å². The van der Waals surface area contributed by atoms with E-state index in [-0.39, 0.29) is 11.4 Å². The largest absolute Gasteiger partial charge is 0.347 e. The van der Waals surface area contributed by atoms with Crippen molar-refractivity contribution < 1.29 is 4.79 Å². The Morgan fingerprint density at radius 3 is 2.69 bits per heavy atom. The minimum Gasteiger partial charge on any atom is -0.347 e. The normalized spacial score (nSPS) is 30.2. The Labute approximate surface area is 107 Å². The highest BCUT2D eigenvalue weighted by Crippen LogP contribution is 2.57. The second kappa shape index (κ2) is 3.47. The molecule has 0 saturated heterocycles. The number of nitrogens with one attached hydrogen (secondary N) is 1. The van der Waals surface area contributed by atoms with Crippen molar-refractivity contribution in [2.75, 3.05) is 0 Å². The molecule has 2 nitrogen and oxygen atoms in total. The van der Waals surface area contributed by atoms with Crippen molar-refractivity contribution in [1.29, 1.82) is 0 Å². The topological polar surface area (TPSA) is 29.1 Å². The van der Waals surface area contributed by atoms with Gasteiger partial charge in [0.2, 0.25) is 0 Å². The van der Waals surface area contributed by atoms with Gasteiger partial charge in [-0.1, -0.05) is 11.6 Å². The lowest BCUT2D eigenvalue weighted by Crippen LogP contribution is -2.68. The number of carbonyl (C=O) groups is 1. The summed E-state index contributed by atoms with van der Waals surface area (Å²) in [6.45, 7) is 0. The molecule has 1 N–H and O–H groups in total. The van der Waals surface area contributed by atoms with Crippen molar-refractivity contribution in [2.24, 2.45) is 5.92 Å². The summed E-state index contributed by atoms with van der Waals surface area (Å²) in [6, 6.07) is 5.27. The second-order valence-corrected chi connectivity index (χ2v) is 6.13. The van der Waals surface area contributed by atoms with E-state index in [0.717, 1.165) is 29.7 Å². The van der Waals surface area contributed by atoms with Gasteiger partial charge in [-0.2, -0.15) is 0 Å². The summed E-state index contributed by atoms with van der Waals surface area (Å²) in [5.74, 6) is 0.843. The molecular formula is C12H11BrClNO. The Morgan fingerprint density at radius 1 is 1.44 bits per heavy atom. The van der Waals surface area contributed by atoms with E-state index in [1.807, 2.05) is 0 Å². The summed E-state index contributed by atoms with van der Waals surface area (Å²) in [5.41, 5.74) is 0.737. The van der Waals surface area contributed by atoms with Crippen molar-refractivity contribution in [3.05, 3.63) is 33.3 Å². The number of amides is 1. The van der Waals surface area contributed by atoms with Crippen LogP contribution in [0.4, 0.5) is 0 Å². The van der Waals surface area contributed by atoms with E-state index in [2.05, 4.69) is 21.2 Å². The van der Waals surface area contributed by atoms with Crippen LogP contribution in [-0.2, 0) is 0 Å². The molecule has 4 heteroatoms. The highest BCUT2D eigenvalue weighted by Gasteiger charge is 2.57. The zero-order valence-electron chi connectivity index (χ0n) is 8.59. The lowest BCUT2D eigenvalue weighted by Gasteiger charge is -2.61. The Hall–Kier alpha value is -0.540. The maximum atomic E-state index is 12.1. The number of halogens is 2. The van der Waals surface area contributed by atoms with Gasteiger partial charge in [-0.3, -0.25) is 4.79 Å². The van der Waals surface area contributed by atoms with Gasteiger partial charge in [0.15, 0.2) is 0 Å². The molecule has 0 heterocycles. The van der Waals surface area contributed by atoms with Crippen LogP contribution in [0, 0.1) is 5.92 Å². The number of rotatable bonds is 2. The van der Waals surface area contributed by atoms with Crippen molar-refractivity contribution in [1.82, 2.24) is 5.32 Å². The second-order valence-electron chi connectivity index (χ2n) is 4.84. The van der Waals surface area contributed by atoms with Gasteiger partial charge in [0, 0.05) is 15.0 Å². The van der Waals surface area contributed by atoms with E-state index in [1.54, 1.807) is 18.2 Å². The fourth-order valence-electron chi connectivity index (χ4n) is 2.61. The molecule has 4 rings (SSSR count). The highest BCUT2D eigenvalue weighted by atomic mass is 79.9. The standard InChI is InChI=1S/C12H11BrClNO/c13-10-2-1-8(14)3-9(10)11(16)15-12-4-7(5-12)6-12/h1-3,7H,4-6H2,(H,15,16). The van der Waals surface area contributed by atoms with Crippen molar-refractivity contribution in [2.45, 2.75) is 24.8 Å². The van der Waals surface area contributed by atoms with Crippen molar-refractivity contribution in [3.8, 4) is 0 Å². The third-order valence-electron chi connectivity index (χ3n) is 3.59. The summed E-state index contributed by atoms with van der Waals surface area (Å²) in [6.07, 6.45) is 3.45. The van der Waals surface area contributed by atoms with Gasteiger partial charge in [-0.25, -0.2) is 0 Å². The summed E-state index contributed by atoms with van der Waals surface area (Å²) in [7, 11) is 0. The number of hydrogen-bond acceptors (Lipinski definition) is 1. The maximum Gasteiger partial charge on any atom is 0.252 e. The van der Waals surface area contributed by atoms with E-state index in [0.29, 0.717) is 10.6 Å². The van der Waals surface area contributed by atoms with Gasteiger partial charge in [0.05, 0.1) is 5.56 Å². The molecular weight excluding hydrogens is 289 g/mol. The lowest BCUT2D eigenvalue weighted by atomic mass is 9.50. The summed E-state index contributed by atoms with van der Waals surface area (Å²) in [4.78, 5) is 12.1. The molecule has 3 aliphatic carbocycles. The fourth-order valence-corrected chi connectivity index (χ4v) is 3.21. The predicted octanol–water partition coefficient (Wildman–Crippen LogP) is 3.38. The van der Waals surface area contributed by atoms with E-state index >= 15 is 0 Å². The van der Waals surface area contributed by atoms with Crippen molar-refractivity contribution >= 4 is 33.4 Å². The van der Waals surface area contributed by atoms with Gasteiger partial charge in [0.1, 0.15) is 0 Å². The molecule has 16 heavy (non-hydrogen) atoms. The van der Waals surface area contributed by atoms with Crippen LogP contribution < -0.4 is 5.32 Å². The van der Waals surface area contributed by atoms with Crippen LogP contribution in [0.1, 0.15) is 29.6 Å². The average Bonchev–Trinajstić information content (AvgIpc) is 2.13. The molecule has 3 saturated carbocycles. The van der Waals surface area contributed by atoms with Crippen LogP contribution in [0.5, 0.6) is 0 Å². The van der Waals surface area contributed by atoms with Crippen LogP contribution in [0.2, 0.25) is 5.02 Å². The third-order valence-corrected chi connectivity index (χ3v) is 4.52. The zero-order chi connectivity index (χ0) is 11.3. The molecule has 0 radical (unpaired) electrons. The first-order valence-electron chi connectivity index (χ1n) is 5.36. The lowest BCUT2D eigenvalue weighted by molar-refractivity contribution is -0.0438. The first-order valence-corrected chi connectivity index (χ1v) is 6.53. The Kier molecular flexibility index (Phi) is 2.30. The minimum absolute atomic E-state index is 0.0208. The van der Waals surface area contributed by atoms with Gasteiger partial charge >= 0.3 is 0 Å². The summed E-state index contributed by atoms with van der Waals surface area (Å²) in [5, 5.41) is 3.70. The Bertz CT molecular complexity index is 457. The highest BCUT2D eigenvalue weighted by molar-refractivity contribution is 9.10. The van der Waals surface area contributed by atoms with E-state index in [1.165, 1.54) is 0 Å². The molecule has 0 unspecified atom stereocenters. The van der Waals surface area contributed by atoms with Crippen LogP contribution >= 0.6 is 27.5 Å². The molecule has 2 bridgehead atoms. The van der Waals surface area contributed by atoms with Crippen LogP contribution in [0.15, 0.2) is 22.7 Å². The number of benzene rings is 1. The first kappa shape index (κ1) is 10.6. The van der Waals surface area contributed by atoms with Crippen LogP contribution in [0.25, 0.3) is 0 Å². The Morgan fingerprint density at radius 2 is 2.12 bits per heavy atom. The van der Waals surface area contributed by atoms with E-state index in [9.17, 15) is 4.79 Å². The van der Waals surface area contributed by atoms with E-state index < -0.39 is 0 Å². The molecule has 84 valence electrons. The summed E-state index contributed by atoms with van der Waals surface area (Å²) >= 11 is 9.26. The fraction of sp³-hybridized carbons (Fsp3) is 0.417. The van der Waals surface area contributed by atoms with E-state index in [4.69, 9.17) is 11.6 Å². The maximum absolute atomic E-state index is 12.1. The average molecular weight is 301 g/mol. The van der Waals surface area contributed by atoms with Gasteiger partial charge in [0.25, 0.3) is 5.91 Å². The monoisotopic (exact) mass is 299 g/mol. The van der Waals surface area contributed by atoms with Crippen LogP contribution in [0.3, 0.4) is 0 Å². The molecule has 1 aromatic rings. The predicted molar refractivity (Wildman–Crippen MR) is 66.7 cm³/mol. The summed E-state index contributed by atoms with van der Waals surface area (Å²) < 4.78 is 0.793. The molecule has 1 amide bonds. The molecule has 0 aromatic heterocycles. The number of carbonyl (C=O) groups excluding carboxylic acids is 1. The van der Waals surface area contributed by atoms with Crippen molar-refractivity contribution in [3.63, 3.8) is 0 Å². The SMILES string of the molecule is O=C(NC12CC(C1)C2)c1cc(Cl)ccc1Br. The number of hydrogen-bond donors (Lipinski definition) is 1. The molecule has 0 spiro atoms. The minimum atomic E-state index is -0.0208. The smallest absolute Gasteiger partial charge is 0.252 e. The molecule has 1 aromatic carbocycles. The quantitative estimate of drug-likeness (QED) is 0.891.